The molecule has 1 aliphatic heterocycles. The van der Waals surface area contributed by atoms with Crippen molar-refractivity contribution in [2.45, 2.75) is 38.2 Å². The van der Waals surface area contributed by atoms with Crippen LogP contribution in [-0.4, -0.2) is 25.7 Å². The molecule has 1 saturated heterocycles. The van der Waals surface area contributed by atoms with Crippen LogP contribution in [0.4, 0.5) is 0 Å². The molecule has 22 heavy (non-hydrogen) atoms. The molecule has 2 aliphatic rings. The van der Waals surface area contributed by atoms with Crippen LogP contribution in [0.5, 0.6) is 0 Å². The van der Waals surface area contributed by atoms with Gasteiger partial charge in [0, 0.05) is 25.6 Å². The molecule has 2 unspecified atom stereocenters. The van der Waals surface area contributed by atoms with Gasteiger partial charge in [0.25, 0.3) is 0 Å². The Hall–Kier alpha value is -1.55. The van der Waals surface area contributed by atoms with Crippen molar-refractivity contribution in [2.24, 2.45) is 22.6 Å². The van der Waals surface area contributed by atoms with Crippen molar-refractivity contribution in [2.75, 3.05) is 19.7 Å². The Morgan fingerprint density at radius 1 is 1.18 bits per heavy atom. The molecule has 1 aromatic rings. The van der Waals surface area contributed by atoms with Crippen LogP contribution in [0.3, 0.4) is 0 Å². The van der Waals surface area contributed by atoms with E-state index in [0.29, 0.717) is 11.9 Å². The van der Waals surface area contributed by atoms with Gasteiger partial charge in [0.15, 0.2) is 5.96 Å². The van der Waals surface area contributed by atoms with Crippen LogP contribution in [0, 0.1) is 11.8 Å². The third kappa shape index (κ3) is 4.01. The fraction of sp³-hybridized carbons (Fsp3) is 0.611. The van der Waals surface area contributed by atoms with Gasteiger partial charge in [-0.15, -0.1) is 0 Å². The van der Waals surface area contributed by atoms with Gasteiger partial charge in [-0.2, -0.15) is 0 Å². The highest BCUT2D eigenvalue weighted by Crippen LogP contribution is 2.33. The number of nitrogens with one attached hydrogen (secondary N) is 1. The number of nitrogens with two attached hydrogens (primary N) is 1. The van der Waals surface area contributed by atoms with E-state index in [9.17, 15) is 0 Å². The summed E-state index contributed by atoms with van der Waals surface area (Å²) in [5.74, 6) is 1.80. The van der Waals surface area contributed by atoms with E-state index in [4.69, 9.17) is 10.5 Å². The fourth-order valence-electron chi connectivity index (χ4n) is 3.26. The molecule has 0 amide bonds. The molecule has 1 heterocycles. The van der Waals surface area contributed by atoms with Crippen LogP contribution >= 0.6 is 0 Å². The summed E-state index contributed by atoms with van der Waals surface area (Å²) in [6, 6.07) is 10.5. The van der Waals surface area contributed by atoms with E-state index >= 15 is 0 Å². The normalized spacial score (nSPS) is 26.5. The maximum absolute atomic E-state index is 6.01. The summed E-state index contributed by atoms with van der Waals surface area (Å²) in [6.07, 6.45) is 6.43. The van der Waals surface area contributed by atoms with E-state index in [-0.39, 0.29) is 6.10 Å². The third-order valence-corrected chi connectivity index (χ3v) is 4.86. The lowest BCUT2D eigenvalue weighted by atomic mass is 9.86. The van der Waals surface area contributed by atoms with Crippen LogP contribution in [0.2, 0.25) is 0 Å². The molecule has 2 fully saturated rings. The SMILES string of the molecule is NC(=NCC1CCC1)NCC1CCCOC1c1ccccc1. The van der Waals surface area contributed by atoms with E-state index < -0.39 is 0 Å². The average Bonchev–Trinajstić information content (AvgIpc) is 2.52. The lowest BCUT2D eigenvalue weighted by Gasteiger charge is -2.32. The lowest BCUT2D eigenvalue weighted by molar-refractivity contribution is -0.0265. The number of benzene rings is 1. The van der Waals surface area contributed by atoms with Gasteiger partial charge < -0.3 is 15.8 Å². The summed E-state index contributed by atoms with van der Waals surface area (Å²) in [6.45, 7) is 2.56. The first-order valence-electron chi connectivity index (χ1n) is 8.53. The van der Waals surface area contributed by atoms with Crippen molar-refractivity contribution in [3.05, 3.63) is 35.9 Å². The van der Waals surface area contributed by atoms with Crippen molar-refractivity contribution in [3.8, 4) is 0 Å². The Balaban J connectivity index is 1.52. The second-order valence-electron chi connectivity index (χ2n) is 6.51. The van der Waals surface area contributed by atoms with Gasteiger partial charge in [-0.1, -0.05) is 36.8 Å². The Bertz CT molecular complexity index is 484. The van der Waals surface area contributed by atoms with E-state index in [1.54, 1.807) is 0 Å². The Morgan fingerprint density at radius 2 is 2.00 bits per heavy atom. The number of hydrogen-bond acceptors (Lipinski definition) is 2. The highest BCUT2D eigenvalue weighted by atomic mass is 16.5. The summed E-state index contributed by atoms with van der Waals surface area (Å²) >= 11 is 0. The Morgan fingerprint density at radius 3 is 2.73 bits per heavy atom. The van der Waals surface area contributed by atoms with Gasteiger partial charge in [0.05, 0.1) is 6.10 Å². The van der Waals surface area contributed by atoms with Gasteiger partial charge in [-0.05, 0) is 37.2 Å². The number of ether oxygens (including phenoxy) is 1. The molecule has 120 valence electrons. The molecule has 2 atom stereocenters. The van der Waals surface area contributed by atoms with E-state index in [1.165, 1.54) is 31.2 Å². The highest BCUT2D eigenvalue weighted by Gasteiger charge is 2.27. The molecule has 4 nitrogen and oxygen atoms in total. The summed E-state index contributed by atoms with van der Waals surface area (Å²) in [5.41, 5.74) is 7.26. The average molecular weight is 301 g/mol. The van der Waals surface area contributed by atoms with Crippen molar-refractivity contribution in [1.82, 2.24) is 5.32 Å². The second-order valence-corrected chi connectivity index (χ2v) is 6.51. The number of aliphatic imine (C=N–C) groups is 1. The minimum atomic E-state index is 0.168. The largest absolute Gasteiger partial charge is 0.373 e. The van der Waals surface area contributed by atoms with Gasteiger partial charge in [0.1, 0.15) is 0 Å². The molecule has 1 saturated carbocycles. The van der Waals surface area contributed by atoms with Gasteiger partial charge in [0.2, 0.25) is 0 Å². The minimum Gasteiger partial charge on any atom is -0.373 e. The first-order chi connectivity index (χ1) is 10.8. The molecule has 1 aliphatic carbocycles. The second kappa shape index (κ2) is 7.63. The first-order valence-corrected chi connectivity index (χ1v) is 8.53. The topological polar surface area (TPSA) is 59.6 Å². The monoisotopic (exact) mass is 301 g/mol. The van der Waals surface area contributed by atoms with Crippen LogP contribution in [0.1, 0.15) is 43.8 Å². The number of hydrogen-bond donors (Lipinski definition) is 2. The van der Waals surface area contributed by atoms with E-state index in [0.717, 1.165) is 32.0 Å². The molecular weight excluding hydrogens is 274 g/mol. The van der Waals surface area contributed by atoms with Gasteiger partial charge >= 0.3 is 0 Å². The van der Waals surface area contributed by atoms with Crippen molar-refractivity contribution >= 4 is 5.96 Å². The quantitative estimate of drug-likeness (QED) is 0.649. The number of rotatable bonds is 5. The summed E-state index contributed by atoms with van der Waals surface area (Å²) in [4.78, 5) is 4.47. The maximum atomic E-state index is 6.01. The number of guanidine groups is 1. The van der Waals surface area contributed by atoms with E-state index in [2.05, 4.69) is 34.6 Å². The summed E-state index contributed by atoms with van der Waals surface area (Å²) < 4.78 is 6.01. The third-order valence-electron chi connectivity index (χ3n) is 4.86. The van der Waals surface area contributed by atoms with Crippen LogP contribution < -0.4 is 11.1 Å². The smallest absolute Gasteiger partial charge is 0.188 e. The molecule has 0 spiro atoms. The molecule has 3 N–H and O–H groups in total. The van der Waals surface area contributed by atoms with Crippen LogP contribution in [-0.2, 0) is 4.74 Å². The van der Waals surface area contributed by atoms with E-state index in [1.807, 2.05) is 6.07 Å². The minimum absolute atomic E-state index is 0.168. The summed E-state index contributed by atoms with van der Waals surface area (Å²) in [5, 5.41) is 3.30. The zero-order valence-electron chi connectivity index (χ0n) is 13.2. The fourth-order valence-corrected chi connectivity index (χ4v) is 3.26. The molecule has 0 bridgehead atoms. The Kier molecular flexibility index (Phi) is 5.33. The van der Waals surface area contributed by atoms with Gasteiger partial charge in [-0.25, -0.2) is 0 Å². The highest BCUT2D eigenvalue weighted by molar-refractivity contribution is 5.77. The standard InChI is InChI=1S/C18H27N3O/c19-18(20-12-14-6-4-7-14)21-13-16-10-5-11-22-17(16)15-8-2-1-3-9-15/h1-3,8-9,14,16-17H,4-7,10-13H2,(H3,19,20,21). The van der Waals surface area contributed by atoms with Crippen LogP contribution in [0.25, 0.3) is 0 Å². The number of nitrogens with zero attached hydrogens (tertiary/aromatic N) is 1. The predicted molar refractivity (Wildman–Crippen MR) is 89.7 cm³/mol. The zero-order valence-corrected chi connectivity index (χ0v) is 13.2. The molecule has 1 aromatic carbocycles. The molecule has 4 heteroatoms. The van der Waals surface area contributed by atoms with Crippen molar-refractivity contribution in [1.29, 1.82) is 0 Å². The van der Waals surface area contributed by atoms with Gasteiger partial charge in [-0.3, -0.25) is 4.99 Å². The molecular formula is C18H27N3O. The molecule has 0 aromatic heterocycles. The maximum Gasteiger partial charge on any atom is 0.188 e. The summed E-state index contributed by atoms with van der Waals surface area (Å²) in [7, 11) is 0. The Labute approximate surface area is 133 Å². The zero-order chi connectivity index (χ0) is 15.2. The van der Waals surface area contributed by atoms with Crippen molar-refractivity contribution in [3.63, 3.8) is 0 Å². The van der Waals surface area contributed by atoms with Crippen molar-refractivity contribution < 1.29 is 4.74 Å². The first kappa shape index (κ1) is 15.3. The lowest BCUT2D eigenvalue weighted by Crippen LogP contribution is -2.39. The molecule has 0 radical (unpaired) electrons. The molecule has 3 rings (SSSR count). The van der Waals surface area contributed by atoms with Crippen LogP contribution in [0.15, 0.2) is 35.3 Å². The predicted octanol–water partition coefficient (Wildman–Crippen LogP) is 2.86.